The number of benzene rings is 1. The van der Waals surface area contributed by atoms with Crippen LogP contribution in [0.4, 0.5) is 15.6 Å². The number of aryl methyl sites for hydroxylation is 1. The number of carbonyl (C=O) groups excluding carboxylic acids is 1. The van der Waals surface area contributed by atoms with Gasteiger partial charge >= 0.3 is 6.03 Å². The van der Waals surface area contributed by atoms with Gasteiger partial charge in [-0.1, -0.05) is 25.1 Å². The molecule has 0 aliphatic carbocycles. The zero-order chi connectivity index (χ0) is 16.9. The van der Waals surface area contributed by atoms with Gasteiger partial charge in [-0.2, -0.15) is 0 Å². The Bertz CT molecular complexity index is 678. The highest BCUT2D eigenvalue weighted by molar-refractivity contribution is 7.15. The van der Waals surface area contributed by atoms with Crippen molar-refractivity contribution >= 4 is 28.2 Å². The number of thiazole rings is 1. The molecule has 3 rings (SSSR count). The molecule has 0 atom stereocenters. The Balaban J connectivity index is 1.56. The van der Waals surface area contributed by atoms with E-state index in [1.807, 2.05) is 37.3 Å². The van der Waals surface area contributed by atoms with Crippen LogP contribution in [0.15, 0.2) is 30.3 Å². The Morgan fingerprint density at radius 2 is 1.96 bits per heavy atom. The fourth-order valence-electron chi connectivity index (χ4n) is 2.83. The van der Waals surface area contributed by atoms with Crippen LogP contribution < -0.4 is 10.6 Å². The first-order valence-corrected chi connectivity index (χ1v) is 9.23. The number of urea groups is 1. The van der Waals surface area contributed by atoms with E-state index in [2.05, 4.69) is 27.4 Å². The summed E-state index contributed by atoms with van der Waals surface area (Å²) >= 11 is 1.57. The number of hydrogen-bond acceptors (Lipinski definition) is 4. The highest BCUT2D eigenvalue weighted by Gasteiger charge is 2.18. The first kappa shape index (κ1) is 16.9. The number of piperidine rings is 1. The van der Waals surface area contributed by atoms with Crippen molar-refractivity contribution in [3.63, 3.8) is 0 Å². The maximum absolute atomic E-state index is 12.1. The van der Waals surface area contributed by atoms with Gasteiger partial charge in [0.15, 0.2) is 5.13 Å². The van der Waals surface area contributed by atoms with Crippen molar-refractivity contribution in [2.24, 2.45) is 5.92 Å². The predicted molar refractivity (Wildman–Crippen MR) is 99.6 cm³/mol. The number of anilines is 2. The van der Waals surface area contributed by atoms with Gasteiger partial charge in [0.05, 0.1) is 5.69 Å². The quantitative estimate of drug-likeness (QED) is 0.868. The first-order chi connectivity index (χ1) is 11.6. The topological polar surface area (TPSA) is 57.3 Å². The van der Waals surface area contributed by atoms with Crippen LogP contribution in [-0.4, -0.2) is 29.0 Å². The Kier molecular flexibility index (Phi) is 5.48. The minimum Gasteiger partial charge on any atom is -0.308 e. The van der Waals surface area contributed by atoms with E-state index in [-0.39, 0.29) is 6.03 Å². The van der Waals surface area contributed by atoms with Gasteiger partial charge in [0.1, 0.15) is 0 Å². The van der Waals surface area contributed by atoms with Crippen molar-refractivity contribution in [3.05, 3.63) is 40.9 Å². The molecular formula is C18H24N4OS. The van der Waals surface area contributed by atoms with E-state index in [0.29, 0.717) is 5.13 Å². The Hall–Kier alpha value is -1.92. The largest absolute Gasteiger partial charge is 0.325 e. The summed E-state index contributed by atoms with van der Waals surface area (Å²) in [6.07, 6.45) is 2.53. The monoisotopic (exact) mass is 344 g/mol. The van der Waals surface area contributed by atoms with E-state index < -0.39 is 0 Å². The fourth-order valence-corrected chi connectivity index (χ4v) is 3.83. The Morgan fingerprint density at radius 3 is 2.67 bits per heavy atom. The number of nitrogens with one attached hydrogen (secondary N) is 2. The third-order valence-corrected chi connectivity index (χ3v) is 5.45. The molecule has 1 fully saturated rings. The van der Waals surface area contributed by atoms with Gasteiger partial charge in [-0.25, -0.2) is 9.78 Å². The summed E-state index contributed by atoms with van der Waals surface area (Å²) in [5.41, 5.74) is 1.78. The lowest BCUT2D eigenvalue weighted by Crippen LogP contribution is -2.32. The molecule has 1 aromatic heterocycles. The van der Waals surface area contributed by atoms with Crippen molar-refractivity contribution in [1.82, 2.24) is 9.88 Å². The van der Waals surface area contributed by atoms with Crippen LogP contribution in [0.3, 0.4) is 0 Å². The second kappa shape index (κ2) is 7.77. The molecule has 0 saturated carbocycles. The van der Waals surface area contributed by atoms with E-state index in [4.69, 9.17) is 0 Å². The smallest absolute Gasteiger partial charge is 0.308 e. The summed E-state index contributed by atoms with van der Waals surface area (Å²) in [5, 5.41) is 6.30. The molecule has 5 nitrogen and oxygen atoms in total. The highest BCUT2D eigenvalue weighted by Crippen LogP contribution is 2.26. The summed E-state index contributed by atoms with van der Waals surface area (Å²) in [4.78, 5) is 20.3. The van der Waals surface area contributed by atoms with Crippen molar-refractivity contribution in [3.8, 4) is 0 Å². The molecule has 2 N–H and O–H groups in total. The highest BCUT2D eigenvalue weighted by atomic mass is 32.1. The molecule has 2 amide bonds. The molecule has 0 unspecified atom stereocenters. The zero-order valence-electron chi connectivity index (χ0n) is 14.2. The van der Waals surface area contributed by atoms with E-state index in [1.165, 1.54) is 17.7 Å². The average molecular weight is 344 g/mol. The number of para-hydroxylation sites is 1. The SMILES string of the molecule is Cc1nc(NC(=O)Nc2ccccc2)sc1CN1CCC(C)CC1. The molecule has 2 aromatic rings. The van der Waals surface area contributed by atoms with Crippen LogP contribution in [0.5, 0.6) is 0 Å². The molecule has 24 heavy (non-hydrogen) atoms. The van der Waals surface area contributed by atoms with Gasteiger partial charge in [0.25, 0.3) is 0 Å². The summed E-state index contributed by atoms with van der Waals surface area (Å²) < 4.78 is 0. The number of amides is 2. The number of aromatic nitrogens is 1. The molecule has 1 aromatic carbocycles. The Morgan fingerprint density at radius 1 is 1.25 bits per heavy atom. The molecule has 128 valence electrons. The van der Waals surface area contributed by atoms with Gasteiger partial charge in [-0.05, 0) is 50.9 Å². The predicted octanol–water partition coefficient (Wildman–Crippen LogP) is 4.33. The third kappa shape index (κ3) is 4.55. The lowest BCUT2D eigenvalue weighted by molar-refractivity contribution is 0.186. The van der Waals surface area contributed by atoms with Crippen LogP contribution in [0.1, 0.15) is 30.3 Å². The van der Waals surface area contributed by atoms with Crippen molar-refractivity contribution < 1.29 is 4.79 Å². The van der Waals surface area contributed by atoms with Crippen molar-refractivity contribution in [2.75, 3.05) is 23.7 Å². The van der Waals surface area contributed by atoms with Crippen LogP contribution in [0, 0.1) is 12.8 Å². The first-order valence-electron chi connectivity index (χ1n) is 8.42. The van der Waals surface area contributed by atoms with E-state index >= 15 is 0 Å². The normalized spacial score (nSPS) is 16.1. The minimum absolute atomic E-state index is 0.256. The molecular weight excluding hydrogens is 320 g/mol. The van der Waals surface area contributed by atoms with Gasteiger partial charge in [0.2, 0.25) is 0 Å². The van der Waals surface area contributed by atoms with Crippen LogP contribution >= 0.6 is 11.3 Å². The van der Waals surface area contributed by atoms with Crippen LogP contribution in [0.25, 0.3) is 0 Å². The third-order valence-electron chi connectivity index (χ3n) is 4.39. The lowest BCUT2D eigenvalue weighted by atomic mass is 9.99. The molecule has 0 radical (unpaired) electrons. The van der Waals surface area contributed by atoms with Crippen LogP contribution in [-0.2, 0) is 6.54 Å². The number of hydrogen-bond donors (Lipinski definition) is 2. The molecule has 6 heteroatoms. The zero-order valence-corrected chi connectivity index (χ0v) is 15.0. The molecule has 0 bridgehead atoms. The summed E-state index contributed by atoms with van der Waals surface area (Å²) in [6.45, 7) is 7.56. The number of carbonyl (C=O) groups is 1. The van der Waals surface area contributed by atoms with E-state index in [0.717, 1.165) is 36.9 Å². The molecule has 1 saturated heterocycles. The number of nitrogens with zero attached hydrogens (tertiary/aromatic N) is 2. The lowest BCUT2D eigenvalue weighted by Gasteiger charge is -2.29. The summed E-state index contributed by atoms with van der Waals surface area (Å²) in [7, 11) is 0. The Labute approximate surface area is 147 Å². The second-order valence-electron chi connectivity index (χ2n) is 6.43. The van der Waals surface area contributed by atoms with Crippen molar-refractivity contribution in [1.29, 1.82) is 0 Å². The maximum atomic E-state index is 12.1. The van der Waals surface area contributed by atoms with Gasteiger partial charge in [0, 0.05) is 17.1 Å². The second-order valence-corrected chi connectivity index (χ2v) is 7.52. The average Bonchev–Trinajstić information content (AvgIpc) is 2.89. The fraction of sp³-hybridized carbons (Fsp3) is 0.444. The van der Waals surface area contributed by atoms with E-state index in [9.17, 15) is 4.79 Å². The van der Waals surface area contributed by atoms with Gasteiger partial charge in [-0.15, -0.1) is 11.3 Å². The molecule has 1 aliphatic heterocycles. The number of rotatable bonds is 4. The molecule has 2 heterocycles. The minimum atomic E-state index is -0.256. The molecule has 1 aliphatic rings. The molecule has 0 spiro atoms. The summed E-state index contributed by atoms with van der Waals surface area (Å²) in [5.74, 6) is 0.836. The van der Waals surface area contributed by atoms with Gasteiger partial charge < -0.3 is 5.32 Å². The van der Waals surface area contributed by atoms with Gasteiger partial charge in [-0.3, -0.25) is 10.2 Å². The summed E-state index contributed by atoms with van der Waals surface area (Å²) in [6, 6.07) is 9.15. The van der Waals surface area contributed by atoms with Crippen molar-refractivity contribution in [2.45, 2.75) is 33.2 Å². The maximum Gasteiger partial charge on any atom is 0.325 e. The van der Waals surface area contributed by atoms with E-state index in [1.54, 1.807) is 11.3 Å². The number of likely N-dealkylation sites (tertiary alicyclic amines) is 1. The van der Waals surface area contributed by atoms with Crippen LogP contribution in [0.2, 0.25) is 0 Å². The standard InChI is InChI=1S/C18H24N4OS/c1-13-8-10-22(11-9-13)12-16-14(2)19-18(24-16)21-17(23)20-15-6-4-3-5-7-15/h3-7,13H,8-12H2,1-2H3,(H2,19,20,21,23).